The maximum absolute atomic E-state index is 12.9. The van der Waals surface area contributed by atoms with Gasteiger partial charge in [-0.2, -0.15) is 13.2 Å². The molecule has 0 unspecified atom stereocenters. The number of carbonyl (C=O) groups is 2. The van der Waals surface area contributed by atoms with E-state index in [0.717, 1.165) is 0 Å². The second-order valence-corrected chi connectivity index (χ2v) is 6.76. The zero-order chi connectivity index (χ0) is 21.9. The molecular formula is C20H15F3N2O4S. The number of aromatic nitrogens is 1. The molecule has 0 aliphatic carbocycles. The van der Waals surface area contributed by atoms with Crippen LogP contribution in [0.5, 0.6) is 0 Å². The van der Waals surface area contributed by atoms with Gasteiger partial charge in [0.25, 0.3) is 0 Å². The van der Waals surface area contributed by atoms with Crippen molar-refractivity contribution in [3.05, 3.63) is 70.4 Å². The van der Waals surface area contributed by atoms with E-state index in [1.807, 2.05) is 0 Å². The Labute approximate surface area is 173 Å². The van der Waals surface area contributed by atoms with Crippen molar-refractivity contribution in [2.45, 2.75) is 6.18 Å². The van der Waals surface area contributed by atoms with Crippen LogP contribution in [0.3, 0.4) is 0 Å². The van der Waals surface area contributed by atoms with E-state index in [-0.39, 0.29) is 17.0 Å². The van der Waals surface area contributed by atoms with Gasteiger partial charge in [0.2, 0.25) is 0 Å². The first kappa shape index (κ1) is 21.3. The molecule has 0 fully saturated rings. The molecule has 2 heterocycles. The van der Waals surface area contributed by atoms with Gasteiger partial charge in [0.1, 0.15) is 5.70 Å². The summed E-state index contributed by atoms with van der Waals surface area (Å²) in [7, 11) is 2.35. The van der Waals surface area contributed by atoms with Crippen molar-refractivity contribution in [3.63, 3.8) is 0 Å². The predicted octanol–water partition coefficient (Wildman–Crippen LogP) is 4.32. The average molecular weight is 436 g/mol. The van der Waals surface area contributed by atoms with Crippen molar-refractivity contribution in [2.75, 3.05) is 19.1 Å². The Morgan fingerprint density at radius 3 is 2.47 bits per heavy atom. The van der Waals surface area contributed by atoms with Gasteiger partial charge in [0, 0.05) is 22.8 Å². The minimum Gasteiger partial charge on any atom is -0.465 e. The molecule has 0 saturated carbocycles. The highest BCUT2D eigenvalue weighted by molar-refractivity contribution is 7.10. The number of halogens is 3. The third-order valence-corrected chi connectivity index (χ3v) is 4.94. The molecule has 0 atom stereocenters. The number of esters is 2. The fourth-order valence-corrected chi connectivity index (χ4v) is 3.41. The lowest BCUT2D eigenvalue weighted by Gasteiger charge is -2.23. The number of thiazole rings is 1. The molecule has 1 aromatic carbocycles. The van der Waals surface area contributed by atoms with Crippen molar-refractivity contribution >= 4 is 29.0 Å². The molecule has 0 saturated heterocycles. The van der Waals surface area contributed by atoms with Crippen LogP contribution in [0.2, 0.25) is 0 Å². The number of rotatable bonds is 4. The van der Waals surface area contributed by atoms with E-state index < -0.39 is 23.1 Å². The Morgan fingerprint density at radius 2 is 1.83 bits per heavy atom. The molecule has 0 amide bonds. The van der Waals surface area contributed by atoms with E-state index in [1.54, 1.807) is 36.4 Å². The van der Waals surface area contributed by atoms with E-state index in [9.17, 15) is 22.8 Å². The highest BCUT2D eigenvalue weighted by atomic mass is 32.1. The van der Waals surface area contributed by atoms with Gasteiger partial charge in [0.15, 0.2) is 5.01 Å². The first-order chi connectivity index (χ1) is 14.3. The largest absolute Gasteiger partial charge is 0.465 e. The zero-order valence-corrected chi connectivity index (χ0v) is 16.6. The summed E-state index contributed by atoms with van der Waals surface area (Å²) in [5.41, 5.74) is 0.834. The fourth-order valence-electron chi connectivity index (χ4n) is 2.72. The average Bonchev–Trinajstić information content (AvgIpc) is 3.14. The molecule has 0 spiro atoms. The molecule has 3 rings (SSSR count). The van der Waals surface area contributed by atoms with Gasteiger partial charge in [-0.05, 0) is 24.3 Å². The number of ether oxygens (including phenoxy) is 2. The summed E-state index contributed by atoms with van der Waals surface area (Å²) in [6, 6.07) is 6.40. The van der Waals surface area contributed by atoms with Crippen LogP contribution in [0.1, 0.15) is 5.01 Å². The molecule has 6 nitrogen and oxygen atoms in total. The summed E-state index contributed by atoms with van der Waals surface area (Å²) in [4.78, 5) is 29.7. The molecular weight excluding hydrogens is 421 g/mol. The number of carbonyl (C=O) groups excluding carboxylic acids is 2. The highest BCUT2D eigenvalue weighted by Gasteiger charge is 2.34. The fraction of sp³-hybridized carbons (Fsp3) is 0.150. The van der Waals surface area contributed by atoms with Crippen LogP contribution in [-0.2, 0) is 25.2 Å². The van der Waals surface area contributed by atoms with Crippen molar-refractivity contribution in [1.29, 1.82) is 0 Å². The highest BCUT2D eigenvalue weighted by Crippen LogP contribution is 2.35. The van der Waals surface area contributed by atoms with E-state index in [2.05, 4.69) is 4.98 Å². The van der Waals surface area contributed by atoms with Gasteiger partial charge in [-0.1, -0.05) is 18.2 Å². The van der Waals surface area contributed by atoms with Crippen LogP contribution in [-0.4, -0.2) is 31.1 Å². The molecule has 156 valence electrons. The van der Waals surface area contributed by atoms with Gasteiger partial charge in [-0.3, -0.25) is 0 Å². The van der Waals surface area contributed by atoms with Crippen molar-refractivity contribution in [1.82, 2.24) is 4.98 Å². The minimum atomic E-state index is -4.53. The summed E-state index contributed by atoms with van der Waals surface area (Å²) >= 11 is 0.494. The van der Waals surface area contributed by atoms with Crippen molar-refractivity contribution in [2.24, 2.45) is 0 Å². The maximum atomic E-state index is 12.9. The Morgan fingerprint density at radius 1 is 1.10 bits per heavy atom. The van der Waals surface area contributed by atoms with Gasteiger partial charge in [-0.25, -0.2) is 14.6 Å². The van der Waals surface area contributed by atoms with Crippen LogP contribution >= 0.6 is 11.3 Å². The molecule has 30 heavy (non-hydrogen) atoms. The Hall–Kier alpha value is -3.40. The lowest BCUT2D eigenvalue weighted by atomic mass is 10.1. The number of methoxy groups -OCH3 is 2. The number of hydrogen-bond donors (Lipinski definition) is 0. The van der Waals surface area contributed by atoms with Crippen LogP contribution in [0, 0.1) is 0 Å². The molecule has 1 aromatic heterocycles. The minimum absolute atomic E-state index is 0.0345. The van der Waals surface area contributed by atoms with E-state index in [4.69, 9.17) is 9.47 Å². The summed E-state index contributed by atoms with van der Waals surface area (Å²) in [5.74, 6) is -1.53. The third kappa shape index (κ3) is 4.28. The number of anilines is 1. The molecule has 0 bridgehead atoms. The second kappa shape index (κ2) is 8.54. The Balaban J connectivity index is 2.10. The normalized spacial score (nSPS) is 14.0. The molecule has 0 radical (unpaired) electrons. The number of benzene rings is 1. The summed E-state index contributed by atoms with van der Waals surface area (Å²) in [5, 5.41) is 0.350. The van der Waals surface area contributed by atoms with Crippen LogP contribution < -0.4 is 4.90 Å². The third-order valence-electron chi connectivity index (χ3n) is 4.06. The lowest BCUT2D eigenvalue weighted by Crippen LogP contribution is -2.26. The van der Waals surface area contributed by atoms with E-state index >= 15 is 0 Å². The molecule has 1 aliphatic heterocycles. The molecule has 2 aromatic rings. The lowest BCUT2D eigenvalue weighted by molar-refractivity contribution is -0.139. The van der Waals surface area contributed by atoms with Gasteiger partial charge in [0.05, 0.1) is 25.5 Å². The summed E-state index contributed by atoms with van der Waals surface area (Å²) in [6.07, 6.45) is 1.55. The van der Waals surface area contributed by atoms with Gasteiger partial charge in [-0.15, -0.1) is 11.3 Å². The maximum Gasteiger partial charge on any atom is 0.443 e. The molecule has 0 N–H and O–H groups in total. The zero-order valence-electron chi connectivity index (χ0n) is 15.8. The van der Waals surface area contributed by atoms with Crippen molar-refractivity contribution < 1.29 is 32.2 Å². The van der Waals surface area contributed by atoms with Crippen LogP contribution in [0.25, 0.3) is 11.3 Å². The number of nitrogens with zero attached hydrogens (tertiary/aromatic N) is 2. The number of hydrogen-bond acceptors (Lipinski definition) is 7. The molecule has 1 aliphatic rings. The predicted molar refractivity (Wildman–Crippen MR) is 104 cm³/mol. The van der Waals surface area contributed by atoms with Crippen molar-refractivity contribution in [3.8, 4) is 11.3 Å². The van der Waals surface area contributed by atoms with Gasteiger partial charge >= 0.3 is 18.1 Å². The van der Waals surface area contributed by atoms with E-state index in [0.29, 0.717) is 22.6 Å². The second-order valence-electron chi connectivity index (χ2n) is 5.90. The standard InChI is InChI=1S/C20H15F3N2O4S/c1-28-17(26)14-8-3-4-9-25(16(14)18(27)29-2)13-7-5-6-12(10-13)15-11-30-19(24-15)20(21,22)23/h3-11H,1-2H3. The Kier molecular flexibility index (Phi) is 6.06. The number of alkyl halides is 3. The Bertz CT molecular complexity index is 1070. The quantitative estimate of drug-likeness (QED) is 0.665. The first-order valence-electron chi connectivity index (χ1n) is 8.44. The monoisotopic (exact) mass is 436 g/mol. The van der Waals surface area contributed by atoms with E-state index in [1.165, 1.54) is 36.8 Å². The summed E-state index contributed by atoms with van der Waals surface area (Å²) < 4.78 is 48.2. The smallest absolute Gasteiger partial charge is 0.443 e. The SMILES string of the molecule is COC(=O)C1=C(C(=O)OC)N(c2cccc(-c3csc(C(F)(F)F)n3)c2)C=CC=C1. The first-order valence-corrected chi connectivity index (χ1v) is 9.32. The summed E-state index contributed by atoms with van der Waals surface area (Å²) in [6.45, 7) is 0. The van der Waals surface area contributed by atoms with Crippen LogP contribution in [0.15, 0.2) is 65.3 Å². The van der Waals surface area contributed by atoms with Gasteiger partial charge < -0.3 is 14.4 Å². The molecule has 10 heteroatoms. The topological polar surface area (TPSA) is 68.7 Å². The number of allylic oxidation sites excluding steroid dienone is 2. The van der Waals surface area contributed by atoms with Crippen LogP contribution in [0.4, 0.5) is 18.9 Å².